The van der Waals surface area contributed by atoms with Crippen LogP contribution in [0, 0.1) is 22.7 Å². The van der Waals surface area contributed by atoms with E-state index in [1.165, 1.54) is 0 Å². The number of nitriles is 2. The van der Waals surface area contributed by atoms with Gasteiger partial charge in [0.05, 0.1) is 25.0 Å². The third-order valence-corrected chi connectivity index (χ3v) is 6.12. The van der Waals surface area contributed by atoms with Gasteiger partial charge in [0.2, 0.25) is 0 Å². The number of nitrogens with zero attached hydrogens (tertiary/aromatic N) is 4. The van der Waals surface area contributed by atoms with E-state index in [4.69, 9.17) is 10.5 Å². The number of rotatable bonds is 7. The number of aliphatic hydroxyl groups is 1. The van der Waals surface area contributed by atoms with E-state index in [1.807, 2.05) is 66.6 Å². The highest BCUT2D eigenvalue weighted by atomic mass is 16.3. The van der Waals surface area contributed by atoms with Crippen LogP contribution in [-0.4, -0.2) is 31.0 Å². The van der Waals surface area contributed by atoms with Crippen molar-refractivity contribution >= 4 is 17.5 Å². The molecule has 0 fully saturated rings. The highest BCUT2D eigenvalue weighted by molar-refractivity contribution is 5.68. The predicted molar refractivity (Wildman–Crippen MR) is 121 cm³/mol. The molecule has 0 aliphatic carbocycles. The van der Waals surface area contributed by atoms with Gasteiger partial charge in [0, 0.05) is 36.9 Å². The number of likely N-dealkylation sites (N-methyl/N-ethyl adjacent to an activating group) is 1. The van der Waals surface area contributed by atoms with Gasteiger partial charge in [0.25, 0.3) is 0 Å². The lowest BCUT2D eigenvalue weighted by Crippen LogP contribution is -2.52. The lowest BCUT2D eigenvalue weighted by atomic mass is 9.77. The van der Waals surface area contributed by atoms with Gasteiger partial charge in [-0.25, -0.2) is 0 Å². The van der Waals surface area contributed by atoms with Crippen LogP contribution in [0.25, 0.3) is 6.08 Å². The molecule has 0 saturated heterocycles. The molecule has 1 unspecified atom stereocenters. The quantitative estimate of drug-likeness (QED) is 0.743. The van der Waals surface area contributed by atoms with Crippen molar-refractivity contribution in [3.63, 3.8) is 0 Å². The van der Waals surface area contributed by atoms with Crippen LogP contribution in [0.1, 0.15) is 37.8 Å². The van der Waals surface area contributed by atoms with Gasteiger partial charge in [0.1, 0.15) is 0 Å². The molecule has 2 aromatic rings. The molecule has 0 spiro atoms. The maximum Gasteiger partial charge on any atom is 0.166 e. The van der Waals surface area contributed by atoms with Crippen molar-refractivity contribution in [1.29, 1.82) is 10.5 Å². The summed E-state index contributed by atoms with van der Waals surface area (Å²) in [5.74, 6) is 0. The SMILES string of the molecule is CN1c2ccccc2C(C)(C)C1(O)/C=C/c1ccc(N(CCC#N)CCC#N)cc1. The standard InChI is InChI=1S/C25H28N4O/c1-24(2)22-8-4-5-9-23(22)28(3)25(24,30)15-14-20-10-12-21(13-11-20)29(18-6-16-26)19-7-17-27/h4-5,8-15,30H,6-7,18-19H2,1-3H3/b15-14+. The van der Waals surface area contributed by atoms with Crippen molar-refractivity contribution in [3.05, 3.63) is 65.7 Å². The Labute approximate surface area is 179 Å². The maximum atomic E-state index is 11.6. The molecule has 1 aliphatic rings. The van der Waals surface area contributed by atoms with Gasteiger partial charge in [-0.05, 0) is 35.4 Å². The van der Waals surface area contributed by atoms with E-state index in [2.05, 4.69) is 37.0 Å². The van der Waals surface area contributed by atoms with E-state index in [9.17, 15) is 5.11 Å². The zero-order chi connectivity index (χ0) is 21.8. The topological polar surface area (TPSA) is 74.3 Å². The summed E-state index contributed by atoms with van der Waals surface area (Å²) in [7, 11) is 1.92. The second-order valence-electron chi connectivity index (χ2n) is 8.16. The molecule has 1 aliphatic heterocycles. The van der Waals surface area contributed by atoms with E-state index in [0.29, 0.717) is 25.9 Å². The normalized spacial score (nSPS) is 19.3. The van der Waals surface area contributed by atoms with E-state index < -0.39 is 11.1 Å². The van der Waals surface area contributed by atoms with Crippen molar-refractivity contribution in [2.45, 2.75) is 37.8 Å². The number of fused-ring (bicyclic) bond motifs is 1. The molecule has 5 nitrogen and oxygen atoms in total. The fourth-order valence-corrected chi connectivity index (χ4v) is 4.16. The van der Waals surface area contributed by atoms with Crippen LogP contribution in [0.2, 0.25) is 0 Å². The second kappa shape index (κ2) is 8.61. The van der Waals surface area contributed by atoms with Crippen LogP contribution in [0.3, 0.4) is 0 Å². The number of hydrogen-bond donors (Lipinski definition) is 1. The summed E-state index contributed by atoms with van der Waals surface area (Å²) >= 11 is 0. The fourth-order valence-electron chi connectivity index (χ4n) is 4.16. The predicted octanol–water partition coefficient (Wildman–Crippen LogP) is 4.45. The first kappa shape index (κ1) is 21.4. The third-order valence-electron chi connectivity index (χ3n) is 6.12. The molecular weight excluding hydrogens is 372 g/mol. The number of anilines is 2. The molecule has 0 bridgehead atoms. The molecular formula is C25H28N4O. The third kappa shape index (κ3) is 3.77. The van der Waals surface area contributed by atoms with Gasteiger partial charge in [-0.15, -0.1) is 0 Å². The van der Waals surface area contributed by atoms with Crippen LogP contribution in [-0.2, 0) is 5.41 Å². The number of benzene rings is 2. The minimum atomic E-state index is -1.14. The highest BCUT2D eigenvalue weighted by Crippen LogP contribution is 2.50. The Kier molecular flexibility index (Phi) is 6.15. The van der Waals surface area contributed by atoms with Crippen molar-refractivity contribution < 1.29 is 5.11 Å². The van der Waals surface area contributed by atoms with Crippen molar-refractivity contribution in [3.8, 4) is 12.1 Å². The minimum absolute atomic E-state index is 0.419. The Bertz CT molecular complexity index is 979. The first-order valence-electron chi connectivity index (χ1n) is 10.2. The molecule has 5 heteroatoms. The summed E-state index contributed by atoms with van der Waals surface area (Å²) < 4.78 is 0. The lowest BCUT2D eigenvalue weighted by Gasteiger charge is -2.39. The summed E-state index contributed by atoms with van der Waals surface area (Å²) in [5.41, 5.74) is 2.53. The van der Waals surface area contributed by atoms with Gasteiger partial charge >= 0.3 is 0 Å². The van der Waals surface area contributed by atoms with Crippen molar-refractivity contribution in [2.75, 3.05) is 29.9 Å². The Hall–Kier alpha value is -3.28. The number of para-hydroxylation sites is 1. The van der Waals surface area contributed by atoms with Crippen LogP contribution in [0.5, 0.6) is 0 Å². The van der Waals surface area contributed by atoms with Gasteiger partial charge in [0.15, 0.2) is 5.72 Å². The molecule has 0 radical (unpaired) electrons. The van der Waals surface area contributed by atoms with Crippen molar-refractivity contribution in [1.82, 2.24) is 0 Å². The molecule has 3 rings (SSSR count). The average Bonchev–Trinajstić information content (AvgIpc) is 2.91. The van der Waals surface area contributed by atoms with E-state index in [1.54, 1.807) is 0 Å². The molecule has 2 aromatic carbocycles. The molecule has 154 valence electrons. The Morgan fingerprint density at radius 1 is 1.00 bits per heavy atom. The smallest absolute Gasteiger partial charge is 0.166 e. The van der Waals surface area contributed by atoms with E-state index >= 15 is 0 Å². The second-order valence-corrected chi connectivity index (χ2v) is 8.16. The summed E-state index contributed by atoms with van der Waals surface area (Å²) in [6.45, 7) is 5.32. The Morgan fingerprint density at radius 3 is 2.17 bits per heavy atom. The molecule has 0 amide bonds. The van der Waals surface area contributed by atoms with Crippen LogP contribution < -0.4 is 9.80 Å². The first-order valence-corrected chi connectivity index (χ1v) is 10.2. The van der Waals surface area contributed by atoms with Gasteiger partial charge in [-0.1, -0.05) is 50.3 Å². The van der Waals surface area contributed by atoms with E-state index in [-0.39, 0.29) is 0 Å². The van der Waals surface area contributed by atoms with Crippen molar-refractivity contribution in [2.24, 2.45) is 0 Å². The minimum Gasteiger partial charge on any atom is -0.369 e. The van der Waals surface area contributed by atoms with Crippen LogP contribution in [0.4, 0.5) is 11.4 Å². The molecule has 1 N–H and O–H groups in total. The molecule has 1 atom stereocenters. The van der Waals surface area contributed by atoms with Gasteiger partial charge < -0.3 is 14.9 Å². The fraction of sp³-hybridized carbons (Fsp3) is 0.360. The van der Waals surface area contributed by atoms with Crippen LogP contribution >= 0.6 is 0 Å². The Balaban J connectivity index is 1.81. The largest absolute Gasteiger partial charge is 0.369 e. The lowest BCUT2D eigenvalue weighted by molar-refractivity contribution is 0.0348. The summed E-state index contributed by atoms with van der Waals surface area (Å²) in [4.78, 5) is 3.98. The molecule has 0 saturated carbocycles. The first-order chi connectivity index (χ1) is 14.3. The average molecular weight is 401 g/mol. The monoisotopic (exact) mass is 400 g/mol. The zero-order valence-electron chi connectivity index (χ0n) is 17.8. The summed E-state index contributed by atoms with van der Waals surface area (Å²) in [5, 5.41) is 29.3. The maximum absolute atomic E-state index is 11.6. The zero-order valence-corrected chi connectivity index (χ0v) is 17.8. The van der Waals surface area contributed by atoms with E-state index in [0.717, 1.165) is 22.5 Å². The Morgan fingerprint density at radius 2 is 1.60 bits per heavy atom. The number of hydrogen-bond acceptors (Lipinski definition) is 5. The summed E-state index contributed by atoms with van der Waals surface area (Å²) in [6, 6.07) is 20.4. The molecule has 0 aromatic heterocycles. The molecule has 1 heterocycles. The van der Waals surface area contributed by atoms with Gasteiger partial charge in [-0.3, -0.25) is 0 Å². The highest BCUT2D eigenvalue weighted by Gasteiger charge is 2.53. The summed E-state index contributed by atoms with van der Waals surface area (Å²) in [6.07, 6.45) is 4.65. The molecule has 30 heavy (non-hydrogen) atoms. The van der Waals surface area contributed by atoms with Crippen LogP contribution in [0.15, 0.2) is 54.6 Å². The van der Waals surface area contributed by atoms with Gasteiger partial charge in [-0.2, -0.15) is 10.5 Å².